The zero-order chi connectivity index (χ0) is 10.6. The average Bonchev–Trinajstić information content (AvgIpc) is 2.65. The lowest BCUT2D eigenvalue weighted by atomic mass is 10.3. The summed E-state index contributed by atoms with van der Waals surface area (Å²) in [6, 6.07) is 0.0442. The minimum absolute atomic E-state index is 0.0442. The third-order valence-electron chi connectivity index (χ3n) is 2.15. The molecule has 0 saturated carbocycles. The molecule has 1 aliphatic rings. The van der Waals surface area contributed by atoms with Crippen LogP contribution in [-0.4, -0.2) is 43.2 Å². The van der Waals surface area contributed by atoms with E-state index in [1.54, 1.807) is 4.90 Å². The third kappa shape index (κ3) is 2.41. The van der Waals surface area contributed by atoms with Gasteiger partial charge in [0.2, 0.25) is 5.96 Å². The van der Waals surface area contributed by atoms with Gasteiger partial charge in [-0.05, 0) is 6.42 Å². The molecule has 1 atom stereocenters. The number of carbonyl (C=O) groups is 1. The van der Waals surface area contributed by atoms with Gasteiger partial charge in [-0.3, -0.25) is 0 Å². The Morgan fingerprint density at radius 3 is 3.00 bits per heavy atom. The van der Waals surface area contributed by atoms with E-state index in [0.29, 0.717) is 12.5 Å². The number of amides is 1. The topological polar surface area (TPSA) is 106 Å². The van der Waals surface area contributed by atoms with Crippen LogP contribution in [0.1, 0.15) is 6.42 Å². The standard InChI is InChI=1S/C7H15N5O2/c1-14-7(13)10-5-2-3-12(4-5)6(8)11-9/h5H,2-4,9H2,1H3,(H2,8,11)(H,10,13). The van der Waals surface area contributed by atoms with E-state index in [0.717, 1.165) is 13.0 Å². The first-order chi connectivity index (χ1) is 6.67. The van der Waals surface area contributed by atoms with Gasteiger partial charge in [0.15, 0.2) is 0 Å². The van der Waals surface area contributed by atoms with E-state index in [4.69, 9.17) is 11.6 Å². The summed E-state index contributed by atoms with van der Waals surface area (Å²) in [5.41, 5.74) is 5.51. The quantitative estimate of drug-likeness (QED) is 0.209. The van der Waals surface area contributed by atoms with Crippen LogP contribution in [0.15, 0.2) is 5.10 Å². The van der Waals surface area contributed by atoms with Crippen molar-refractivity contribution in [2.45, 2.75) is 12.5 Å². The number of rotatable bonds is 1. The van der Waals surface area contributed by atoms with Crippen LogP contribution in [0, 0.1) is 0 Å². The number of hydrazone groups is 1. The number of nitrogens with two attached hydrogens (primary N) is 2. The number of guanidine groups is 1. The van der Waals surface area contributed by atoms with E-state index in [-0.39, 0.29) is 6.04 Å². The highest BCUT2D eigenvalue weighted by atomic mass is 16.5. The summed E-state index contributed by atoms with van der Waals surface area (Å²) in [7, 11) is 1.33. The van der Waals surface area contributed by atoms with Gasteiger partial charge in [0.25, 0.3) is 0 Å². The molecule has 0 aromatic rings. The molecule has 0 aliphatic carbocycles. The van der Waals surface area contributed by atoms with Gasteiger partial charge in [0, 0.05) is 13.1 Å². The zero-order valence-corrected chi connectivity index (χ0v) is 8.06. The van der Waals surface area contributed by atoms with E-state index < -0.39 is 6.09 Å². The van der Waals surface area contributed by atoms with E-state index >= 15 is 0 Å². The second-order valence-electron chi connectivity index (χ2n) is 3.05. The van der Waals surface area contributed by atoms with Crippen LogP contribution in [0.25, 0.3) is 0 Å². The summed E-state index contributed by atoms with van der Waals surface area (Å²) in [6.45, 7) is 1.35. The zero-order valence-electron chi connectivity index (χ0n) is 8.06. The van der Waals surface area contributed by atoms with Crippen LogP contribution in [0.2, 0.25) is 0 Å². The van der Waals surface area contributed by atoms with Gasteiger partial charge in [-0.1, -0.05) is 0 Å². The summed E-state index contributed by atoms with van der Waals surface area (Å²) in [5.74, 6) is 5.32. The maximum atomic E-state index is 10.9. The third-order valence-corrected chi connectivity index (χ3v) is 2.15. The first kappa shape index (κ1) is 10.4. The Balaban J connectivity index is 2.38. The van der Waals surface area contributed by atoms with Crippen LogP contribution in [-0.2, 0) is 4.74 Å². The normalized spacial score (nSPS) is 22.2. The highest BCUT2D eigenvalue weighted by Gasteiger charge is 2.25. The van der Waals surface area contributed by atoms with Crippen molar-refractivity contribution in [3.63, 3.8) is 0 Å². The molecule has 80 valence electrons. The van der Waals surface area contributed by atoms with Gasteiger partial charge < -0.3 is 26.5 Å². The molecule has 0 bridgehead atoms. The molecule has 1 rings (SSSR count). The molecule has 1 amide bonds. The lowest BCUT2D eigenvalue weighted by molar-refractivity contribution is 0.167. The largest absolute Gasteiger partial charge is 0.453 e. The fraction of sp³-hybridized carbons (Fsp3) is 0.714. The van der Waals surface area contributed by atoms with Crippen molar-refractivity contribution in [2.75, 3.05) is 20.2 Å². The summed E-state index contributed by atoms with van der Waals surface area (Å²) in [4.78, 5) is 12.7. The molecule has 5 N–H and O–H groups in total. The first-order valence-corrected chi connectivity index (χ1v) is 4.30. The van der Waals surface area contributed by atoms with Gasteiger partial charge in [-0.15, -0.1) is 5.10 Å². The van der Waals surface area contributed by atoms with Crippen molar-refractivity contribution >= 4 is 12.1 Å². The average molecular weight is 201 g/mol. The number of methoxy groups -OCH3 is 1. The van der Waals surface area contributed by atoms with Crippen molar-refractivity contribution in [3.05, 3.63) is 0 Å². The minimum atomic E-state index is -0.430. The summed E-state index contributed by atoms with van der Waals surface area (Å²) in [6.07, 6.45) is 0.380. The molecule has 7 nitrogen and oxygen atoms in total. The number of carbonyl (C=O) groups excluding carboxylic acids is 1. The number of nitrogens with one attached hydrogen (secondary N) is 1. The van der Waals surface area contributed by atoms with E-state index in [9.17, 15) is 4.79 Å². The first-order valence-electron chi connectivity index (χ1n) is 4.30. The lowest BCUT2D eigenvalue weighted by Crippen LogP contribution is -2.41. The van der Waals surface area contributed by atoms with Crippen molar-refractivity contribution < 1.29 is 9.53 Å². The smallest absolute Gasteiger partial charge is 0.407 e. The molecular weight excluding hydrogens is 186 g/mol. The summed E-state index contributed by atoms with van der Waals surface area (Å²) < 4.78 is 4.48. The second-order valence-corrected chi connectivity index (χ2v) is 3.05. The summed E-state index contributed by atoms with van der Waals surface area (Å²) in [5, 5.41) is 6.06. The van der Waals surface area contributed by atoms with Crippen LogP contribution < -0.4 is 16.9 Å². The van der Waals surface area contributed by atoms with Crippen molar-refractivity contribution in [1.29, 1.82) is 0 Å². The molecule has 0 spiro atoms. The molecule has 1 fully saturated rings. The second kappa shape index (κ2) is 4.54. The Morgan fingerprint density at radius 2 is 2.43 bits per heavy atom. The SMILES string of the molecule is COC(=O)NC1CCN(C(N)=NN)C1. The van der Waals surface area contributed by atoms with Crippen molar-refractivity contribution in [1.82, 2.24) is 10.2 Å². The van der Waals surface area contributed by atoms with Crippen LogP contribution >= 0.6 is 0 Å². The van der Waals surface area contributed by atoms with Crippen molar-refractivity contribution in [2.24, 2.45) is 16.7 Å². The summed E-state index contributed by atoms with van der Waals surface area (Å²) >= 11 is 0. The molecule has 0 aromatic heterocycles. The lowest BCUT2D eigenvalue weighted by Gasteiger charge is -2.16. The maximum Gasteiger partial charge on any atom is 0.407 e. The predicted octanol–water partition coefficient (Wildman–Crippen LogP) is -1.39. The van der Waals surface area contributed by atoms with Gasteiger partial charge in [0.05, 0.1) is 13.2 Å². The number of likely N-dealkylation sites (tertiary alicyclic amines) is 1. The number of hydrogen-bond donors (Lipinski definition) is 3. The fourth-order valence-electron chi connectivity index (χ4n) is 1.39. The Bertz CT molecular complexity index is 242. The van der Waals surface area contributed by atoms with E-state index in [2.05, 4.69) is 15.2 Å². The van der Waals surface area contributed by atoms with Crippen molar-refractivity contribution in [3.8, 4) is 0 Å². The predicted molar refractivity (Wildman–Crippen MR) is 51.3 cm³/mol. The molecule has 1 heterocycles. The fourth-order valence-corrected chi connectivity index (χ4v) is 1.39. The monoisotopic (exact) mass is 201 g/mol. The molecular formula is C7H15N5O2. The Labute approximate surface area is 82.1 Å². The Kier molecular flexibility index (Phi) is 3.38. The number of nitrogens with zero attached hydrogens (tertiary/aromatic N) is 2. The highest BCUT2D eigenvalue weighted by molar-refractivity contribution is 5.78. The van der Waals surface area contributed by atoms with Crippen LogP contribution in [0.5, 0.6) is 0 Å². The molecule has 0 radical (unpaired) electrons. The molecule has 1 saturated heterocycles. The van der Waals surface area contributed by atoms with Gasteiger partial charge >= 0.3 is 6.09 Å². The molecule has 1 unspecified atom stereocenters. The molecule has 14 heavy (non-hydrogen) atoms. The maximum absolute atomic E-state index is 10.9. The molecule has 0 aromatic carbocycles. The Morgan fingerprint density at radius 1 is 1.71 bits per heavy atom. The van der Waals surface area contributed by atoms with Crippen LogP contribution in [0.3, 0.4) is 0 Å². The highest BCUT2D eigenvalue weighted by Crippen LogP contribution is 2.08. The van der Waals surface area contributed by atoms with E-state index in [1.807, 2.05) is 0 Å². The number of ether oxygens (including phenoxy) is 1. The van der Waals surface area contributed by atoms with Gasteiger partial charge in [-0.2, -0.15) is 0 Å². The Hall–Kier alpha value is -1.66. The van der Waals surface area contributed by atoms with Crippen LogP contribution in [0.4, 0.5) is 4.79 Å². The number of alkyl carbamates (subject to hydrolysis) is 1. The van der Waals surface area contributed by atoms with E-state index in [1.165, 1.54) is 7.11 Å². The molecule has 7 heteroatoms. The molecule has 1 aliphatic heterocycles. The van der Waals surface area contributed by atoms with Gasteiger partial charge in [-0.25, -0.2) is 4.79 Å². The van der Waals surface area contributed by atoms with Gasteiger partial charge in [0.1, 0.15) is 0 Å². The number of hydrogen-bond acceptors (Lipinski definition) is 4. The minimum Gasteiger partial charge on any atom is -0.453 e.